The molecule has 1 aliphatic carbocycles. The van der Waals surface area contributed by atoms with Crippen LogP contribution in [0.25, 0.3) is 5.52 Å². The number of amides is 1. The lowest BCUT2D eigenvalue weighted by atomic mass is 10.2. The maximum absolute atomic E-state index is 12.3. The second-order valence-electron chi connectivity index (χ2n) is 7.04. The van der Waals surface area contributed by atoms with E-state index in [9.17, 15) is 9.59 Å². The van der Waals surface area contributed by atoms with Gasteiger partial charge in [0.2, 0.25) is 11.8 Å². The minimum absolute atomic E-state index is 0.0414. The largest absolute Gasteiger partial charge is 0.480 e. The SMILES string of the molecule is CCc1ncc2ccc(Nc3cc(NC(=O)C4CC4)ncc3C(=O)OC)c(OC)n12. The Morgan fingerprint density at radius 2 is 1.97 bits per heavy atom. The average Bonchev–Trinajstić information content (AvgIpc) is 3.53. The van der Waals surface area contributed by atoms with Crippen molar-refractivity contribution in [3.8, 4) is 5.88 Å². The number of rotatable bonds is 7. The number of nitrogens with one attached hydrogen (secondary N) is 2. The van der Waals surface area contributed by atoms with Gasteiger partial charge in [0.25, 0.3) is 0 Å². The molecule has 1 fully saturated rings. The number of pyridine rings is 2. The lowest BCUT2D eigenvalue weighted by molar-refractivity contribution is -0.117. The van der Waals surface area contributed by atoms with Crippen LogP contribution in [0.3, 0.4) is 0 Å². The molecule has 3 aromatic heterocycles. The molecule has 3 aromatic rings. The monoisotopic (exact) mass is 409 g/mol. The molecule has 1 saturated carbocycles. The molecule has 0 spiro atoms. The van der Waals surface area contributed by atoms with E-state index < -0.39 is 5.97 Å². The highest BCUT2D eigenvalue weighted by atomic mass is 16.5. The third kappa shape index (κ3) is 3.66. The van der Waals surface area contributed by atoms with E-state index in [-0.39, 0.29) is 17.4 Å². The van der Waals surface area contributed by atoms with Crippen LogP contribution in [-0.2, 0) is 16.0 Å². The number of carbonyl (C=O) groups is 2. The molecule has 2 N–H and O–H groups in total. The normalized spacial score (nSPS) is 13.2. The first-order valence-corrected chi connectivity index (χ1v) is 9.75. The summed E-state index contributed by atoms with van der Waals surface area (Å²) in [5.74, 6) is 1.20. The van der Waals surface area contributed by atoms with Gasteiger partial charge in [0.1, 0.15) is 22.9 Å². The zero-order valence-electron chi connectivity index (χ0n) is 17.1. The summed E-state index contributed by atoms with van der Waals surface area (Å²) in [6.45, 7) is 2.02. The molecule has 0 bridgehead atoms. The van der Waals surface area contributed by atoms with Gasteiger partial charge in [-0.3, -0.25) is 9.20 Å². The summed E-state index contributed by atoms with van der Waals surface area (Å²) in [6, 6.07) is 5.37. The van der Waals surface area contributed by atoms with Gasteiger partial charge < -0.3 is 20.1 Å². The molecule has 4 rings (SSSR count). The molecule has 1 amide bonds. The zero-order chi connectivity index (χ0) is 21.3. The molecule has 0 saturated heterocycles. The summed E-state index contributed by atoms with van der Waals surface area (Å²) in [5.41, 5.74) is 2.22. The van der Waals surface area contributed by atoms with E-state index in [4.69, 9.17) is 9.47 Å². The van der Waals surface area contributed by atoms with Crippen molar-refractivity contribution in [3.05, 3.63) is 42.0 Å². The van der Waals surface area contributed by atoms with Crippen LogP contribution in [0, 0.1) is 5.92 Å². The van der Waals surface area contributed by atoms with E-state index >= 15 is 0 Å². The van der Waals surface area contributed by atoms with Gasteiger partial charge in [0, 0.05) is 24.6 Å². The number of nitrogens with zero attached hydrogens (tertiary/aromatic N) is 3. The fourth-order valence-electron chi connectivity index (χ4n) is 3.28. The first-order valence-electron chi connectivity index (χ1n) is 9.75. The molecule has 0 aromatic carbocycles. The summed E-state index contributed by atoms with van der Waals surface area (Å²) in [6.07, 6.45) is 5.67. The van der Waals surface area contributed by atoms with Crippen molar-refractivity contribution in [2.75, 3.05) is 24.9 Å². The first kappa shape index (κ1) is 19.7. The Labute approximate surface area is 173 Å². The van der Waals surface area contributed by atoms with E-state index in [2.05, 4.69) is 20.6 Å². The van der Waals surface area contributed by atoms with Crippen molar-refractivity contribution in [1.29, 1.82) is 0 Å². The molecule has 9 nitrogen and oxygen atoms in total. The Morgan fingerprint density at radius 1 is 1.17 bits per heavy atom. The van der Waals surface area contributed by atoms with E-state index in [1.807, 2.05) is 23.5 Å². The molecule has 0 unspecified atom stereocenters. The Bertz CT molecular complexity index is 1120. The van der Waals surface area contributed by atoms with Crippen molar-refractivity contribution in [2.24, 2.45) is 5.92 Å². The fraction of sp³-hybridized carbons (Fsp3) is 0.333. The number of imidazole rings is 1. The summed E-state index contributed by atoms with van der Waals surface area (Å²) in [4.78, 5) is 33.0. The van der Waals surface area contributed by atoms with Gasteiger partial charge in [-0.25, -0.2) is 14.8 Å². The number of methoxy groups -OCH3 is 2. The maximum atomic E-state index is 12.3. The molecule has 0 atom stereocenters. The Kier molecular flexibility index (Phi) is 5.26. The molecule has 1 aliphatic rings. The van der Waals surface area contributed by atoms with E-state index in [0.717, 1.165) is 30.6 Å². The van der Waals surface area contributed by atoms with E-state index in [1.54, 1.807) is 19.4 Å². The van der Waals surface area contributed by atoms with E-state index in [0.29, 0.717) is 23.1 Å². The Balaban J connectivity index is 1.75. The van der Waals surface area contributed by atoms with Crippen LogP contribution in [0.2, 0.25) is 0 Å². The molecular weight excluding hydrogens is 386 g/mol. The highest BCUT2D eigenvalue weighted by Gasteiger charge is 2.30. The van der Waals surface area contributed by atoms with Crippen molar-refractivity contribution in [2.45, 2.75) is 26.2 Å². The van der Waals surface area contributed by atoms with Crippen molar-refractivity contribution < 1.29 is 19.1 Å². The van der Waals surface area contributed by atoms with Crippen LogP contribution in [0.5, 0.6) is 5.88 Å². The molecule has 0 radical (unpaired) electrons. The van der Waals surface area contributed by atoms with Crippen LogP contribution in [0.15, 0.2) is 30.6 Å². The number of esters is 1. The predicted molar refractivity (Wildman–Crippen MR) is 111 cm³/mol. The van der Waals surface area contributed by atoms with Crippen molar-refractivity contribution in [1.82, 2.24) is 14.4 Å². The van der Waals surface area contributed by atoms with Gasteiger partial charge in [-0.1, -0.05) is 6.92 Å². The van der Waals surface area contributed by atoms with Crippen LogP contribution in [-0.4, -0.2) is 40.5 Å². The first-order chi connectivity index (χ1) is 14.5. The third-order valence-electron chi connectivity index (χ3n) is 5.00. The van der Waals surface area contributed by atoms with Gasteiger partial charge in [0.15, 0.2) is 0 Å². The number of aryl methyl sites for hydroxylation is 1. The van der Waals surface area contributed by atoms with Crippen molar-refractivity contribution >= 4 is 34.6 Å². The summed E-state index contributed by atoms with van der Waals surface area (Å²) in [5, 5.41) is 6.03. The molecule has 9 heteroatoms. The number of hydrogen-bond acceptors (Lipinski definition) is 7. The minimum Gasteiger partial charge on any atom is -0.480 e. The minimum atomic E-state index is -0.540. The Hall–Kier alpha value is -3.62. The van der Waals surface area contributed by atoms with E-state index in [1.165, 1.54) is 13.3 Å². The second-order valence-corrected chi connectivity index (χ2v) is 7.04. The standard InChI is InChI=1S/C21H23N5O4/c1-4-18-23-10-13-7-8-15(20(29-2)26(13)18)24-16-9-17(25-19(27)12-5-6-12)22-11-14(16)21(28)30-3/h7-12H,4-6H2,1-3H3,(H2,22,24,25,27). The molecule has 0 aliphatic heterocycles. The van der Waals surface area contributed by atoms with Crippen LogP contribution < -0.4 is 15.4 Å². The number of aromatic nitrogens is 3. The van der Waals surface area contributed by atoms with Gasteiger partial charge >= 0.3 is 5.97 Å². The fourth-order valence-corrected chi connectivity index (χ4v) is 3.28. The summed E-state index contributed by atoms with van der Waals surface area (Å²) >= 11 is 0. The summed E-state index contributed by atoms with van der Waals surface area (Å²) in [7, 11) is 2.88. The lowest BCUT2D eigenvalue weighted by Gasteiger charge is -2.16. The van der Waals surface area contributed by atoms with Crippen LogP contribution in [0.4, 0.5) is 17.2 Å². The maximum Gasteiger partial charge on any atom is 0.341 e. The molecule has 156 valence electrons. The lowest BCUT2D eigenvalue weighted by Crippen LogP contribution is -2.15. The average molecular weight is 409 g/mol. The topological polar surface area (TPSA) is 107 Å². The van der Waals surface area contributed by atoms with Crippen LogP contribution in [0.1, 0.15) is 35.9 Å². The summed E-state index contributed by atoms with van der Waals surface area (Å²) < 4.78 is 12.4. The molecule has 30 heavy (non-hydrogen) atoms. The van der Waals surface area contributed by atoms with Gasteiger partial charge in [-0.05, 0) is 25.0 Å². The molecular formula is C21H23N5O4. The van der Waals surface area contributed by atoms with Crippen molar-refractivity contribution in [3.63, 3.8) is 0 Å². The zero-order valence-corrected chi connectivity index (χ0v) is 17.1. The quantitative estimate of drug-likeness (QED) is 0.577. The molecule has 3 heterocycles. The van der Waals surface area contributed by atoms with Gasteiger partial charge in [0.05, 0.1) is 31.6 Å². The second kappa shape index (κ2) is 8.02. The number of anilines is 3. The number of ether oxygens (including phenoxy) is 2. The van der Waals surface area contributed by atoms with Crippen LogP contribution >= 0.6 is 0 Å². The smallest absolute Gasteiger partial charge is 0.341 e. The number of hydrogen-bond donors (Lipinski definition) is 2. The van der Waals surface area contributed by atoms with Gasteiger partial charge in [-0.2, -0.15) is 0 Å². The number of fused-ring (bicyclic) bond motifs is 1. The Morgan fingerprint density at radius 3 is 2.63 bits per heavy atom. The predicted octanol–water partition coefficient (Wildman–Crippen LogP) is 3.18. The highest BCUT2D eigenvalue weighted by Crippen LogP contribution is 2.33. The third-order valence-corrected chi connectivity index (χ3v) is 5.00. The number of carbonyl (C=O) groups excluding carboxylic acids is 2. The van der Waals surface area contributed by atoms with Gasteiger partial charge in [-0.15, -0.1) is 0 Å². The highest BCUT2D eigenvalue weighted by molar-refractivity contribution is 5.98.